The Bertz CT molecular complexity index is 372. The van der Waals surface area contributed by atoms with E-state index in [1.165, 1.54) is 12.0 Å². The SMILES string of the molecule is IC=C[C@H](CCc1ccccc1)OC1CCCCO1. The first-order valence-corrected chi connectivity index (χ1v) is 8.21. The third-order valence-corrected chi connectivity index (χ3v) is 3.73. The van der Waals surface area contributed by atoms with E-state index in [9.17, 15) is 0 Å². The van der Waals surface area contributed by atoms with Crippen LogP contribution in [0.4, 0.5) is 0 Å². The Kier molecular flexibility index (Phi) is 6.88. The van der Waals surface area contributed by atoms with Crippen molar-refractivity contribution in [2.24, 2.45) is 0 Å². The van der Waals surface area contributed by atoms with Crippen molar-refractivity contribution in [3.8, 4) is 0 Å². The maximum Gasteiger partial charge on any atom is 0.158 e. The standard InChI is InChI=1S/C16H21IO2/c17-12-11-15(19-16-8-4-5-13-18-16)10-9-14-6-2-1-3-7-14/h1-3,6-7,11-12,15-16H,4-5,8-10,13H2/t15-,16?/m0/s1. The first-order valence-electron chi connectivity index (χ1n) is 6.96. The molecule has 0 radical (unpaired) electrons. The van der Waals surface area contributed by atoms with Gasteiger partial charge in [0.15, 0.2) is 6.29 Å². The monoisotopic (exact) mass is 372 g/mol. The molecule has 0 aromatic heterocycles. The molecule has 2 rings (SSSR count). The minimum atomic E-state index is -0.0119. The van der Waals surface area contributed by atoms with Crippen molar-refractivity contribution in [1.82, 2.24) is 0 Å². The van der Waals surface area contributed by atoms with Gasteiger partial charge in [-0.15, -0.1) is 0 Å². The molecule has 2 nitrogen and oxygen atoms in total. The first kappa shape index (κ1) is 15.0. The summed E-state index contributed by atoms with van der Waals surface area (Å²) in [6.07, 6.45) is 7.71. The molecule has 1 heterocycles. The van der Waals surface area contributed by atoms with E-state index in [0.29, 0.717) is 0 Å². The fraction of sp³-hybridized carbons (Fsp3) is 0.500. The van der Waals surface area contributed by atoms with Gasteiger partial charge in [-0.1, -0.05) is 52.9 Å². The van der Waals surface area contributed by atoms with E-state index in [0.717, 1.165) is 32.3 Å². The van der Waals surface area contributed by atoms with Crippen molar-refractivity contribution in [3.05, 3.63) is 46.1 Å². The summed E-state index contributed by atoms with van der Waals surface area (Å²) in [7, 11) is 0. The lowest BCUT2D eigenvalue weighted by Gasteiger charge is -2.26. The Hall–Kier alpha value is -0.390. The van der Waals surface area contributed by atoms with Gasteiger partial charge in [-0.05, 0) is 47.8 Å². The number of rotatable bonds is 6. The van der Waals surface area contributed by atoms with E-state index in [2.05, 4.69) is 59.0 Å². The van der Waals surface area contributed by atoms with Crippen LogP contribution in [-0.2, 0) is 15.9 Å². The van der Waals surface area contributed by atoms with Crippen LogP contribution in [0.15, 0.2) is 40.5 Å². The van der Waals surface area contributed by atoms with Crippen LogP contribution in [0.25, 0.3) is 0 Å². The third-order valence-electron chi connectivity index (χ3n) is 3.31. The van der Waals surface area contributed by atoms with Gasteiger partial charge in [0, 0.05) is 6.61 Å². The van der Waals surface area contributed by atoms with E-state index in [4.69, 9.17) is 9.47 Å². The number of halogens is 1. The smallest absolute Gasteiger partial charge is 0.158 e. The average Bonchev–Trinajstić information content (AvgIpc) is 2.47. The zero-order chi connectivity index (χ0) is 13.3. The topological polar surface area (TPSA) is 18.5 Å². The normalized spacial score (nSPS) is 21.6. The van der Waals surface area contributed by atoms with Gasteiger partial charge in [0.05, 0.1) is 6.10 Å². The fourth-order valence-electron chi connectivity index (χ4n) is 2.26. The van der Waals surface area contributed by atoms with Gasteiger partial charge in [0.2, 0.25) is 0 Å². The van der Waals surface area contributed by atoms with E-state index < -0.39 is 0 Å². The Balaban J connectivity index is 1.81. The van der Waals surface area contributed by atoms with E-state index in [-0.39, 0.29) is 12.4 Å². The molecule has 104 valence electrons. The van der Waals surface area contributed by atoms with Gasteiger partial charge in [-0.2, -0.15) is 0 Å². The molecule has 1 aliphatic heterocycles. The van der Waals surface area contributed by atoms with Crippen LogP contribution in [0.3, 0.4) is 0 Å². The van der Waals surface area contributed by atoms with Gasteiger partial charge in [0.1, 0.15) is 0 Å². The molecular formula is C16H21IO2. The van der Waals surface area contributed by atoms with E-state index >= 15 is 0 Å². The Morgan fingerprint density at radius 3 is 2.84 bits per heavy atom. The first-order chi connectivity index (χ1) is 9.38. The molecule has 0 saturated carbocycles. The van der Waals surface area contributed by atoms with Crippen molar-refractivity contribution in [3.63, 3.8) is 0 Å². The summed E-state index contributed by atoms with van der Waals surface area (Å²) in [4.78, 5) is 0. The minimum Gasteiger partial charge on any atom is -0.353 e. The molecule has 1 fully saturated rings. The van der Waals surface area contributed by atoms with Gasteiger partial charge < -0.3 is 9.47 Å². The van der Waals surface area contributed by atoms with Crippen LogP contribution in [0.1, 0.15) is 31.2 Å². The molecule has 0 bridgehead atoms. The van der Waals surface area contributed by atoms with Crippen molar-refractivity contribution in [1.29, 1.82) is 0 Å². The average molecular weight is 372 g/mol. The number of benzene rings is 1. The fourth-order valence-corrected chi connectivity index (χ4v) is 2.72. The summed E-state index contributed by atoms with van der Waals surface area (Å²) in [6.45, 7) is 0.837. The summed E-state index contributed by atoms with van der Waals surface area (Å²) < 4.78 is 13.7. The molecular weight excluding hydrogens is 351 g/mol. The lowest BCUT2D eigenvalue weighted by atomic mass is 10.1. The zero-order valence-corrected chi connectivity index (χ0v) is 13.3. The minimum absolute atomic E-state index is 0.0119. The van der Waals surface area contributed by atoms with Gasteiger partial charge >= 0.3 is 0 Å². The highest BCUT2D eigenvalue weighted by Gasteiger charge is 2.18. The number of hydrogen-bond acceptors (Lipinski definition) is 2. The van der Waals surface area contributed by atoms with Crippen molar-refractivity contribution in [2.45, 2.75) is 44.5 Å². The molecule has 0 amide bonds. The molecule has 19 heavy (non-hydrogen) atoms. The number of hydrogen-bond donors (Lipinski definition) is 0. The molecule has 1 unspecified atom stereocenters. The lowest BCUT2D eigenvalue weighted by Crippen LogP contribution is -2.27. The number of ether oxygens (including phenoxy) is 2. The van der Waals surface area contributed by atoms with Crippen LogP contribution in [0.5, 0.6) is 0 Å². The maximum absolute atomic E-state index is 6.04. The molecule has 0 aliphatic carbocycles. The molecule has 0 N–H and O–H groups in total. The molecule has 2 atom stereocenters. The Labute approximate surface area is 129 Å². The maximum atomic E-state index is 6.04. The molecule has 3 heteroatoms. The van der Waals surface area contributed by atoms with E-state index in [1.807, 2.05) is 4.08 Å². The summed E-state index contributed by atoms with van der Waals surface area (Å²) >= 11 is 2.25. The Morgan fingerprint density at radius 2 is 2.16 bits per heavy atom. The molecule has 1 aromatic rings. The quantitative estimate of drug-likeness (QED) is 0.686. The third kappa shape index (κ3) is 5.63. The van der Waals surface area contributed by atoms with Crippen LogP contribution in [0.2, 0.25) is 0 Å². The second kappa shape index (κ2) is 8.72. The summed E-state index contributed by atoms with van der Waals surface area (Å²) in [5, 5.41) is 0. The van der Waals surface area contributed by atoms with Gasteiger partial charge in [-0.3, -0.25) is 0 Å². The van der Waals surface area contributed by atoms with Crippen LogP contribution in [-0.4, -0.2) is 19.0 Å². The van der Waals surface area contributed by atoms with Crippen molar-refractivity contribution >= 4 is 22.6 Å². The number of aryl methyl sites for hydroxylation is 1. The molecule has 1 aliphatic rings. The van der Waals surface area contributed by atoms with Crippen LogP contribution < -0.4 is 0 Å². The highest BCUT2D eigenvalue weighted by molar-refractivity contribution is 14.1. The highest BCUT2D eigenvalue weighted by Crippen LogP contribution is 2.18. The summed E-state index contributed by atoms with van der Waals surface area (Å²) in [5.74, 6) is 0. The lowest BCUT2D eigenvalue weighted by molar-refractivity contribution is -0.179. The zero-order valence-electron chi connectivity index (χ0n) is 11.1. The summed E-state index contributed by atoms with van der Waals surface area (Å²) in [5.41, 5.74) is 1.36. The largest absolute Gasteiger partial charge is 0.353 e. The van der Waals surface area contributed by atoms with Crippen LogP contribution in [0, 0.1) is 0 Å². The predicted octanol–water partition coefficient (Wildman–Crippen LogP) is 4.48. The van der Waals surface area contributed by atoms with Crippen molar-refractivity contribution in [2.75, 3.05) is 6.61 Å². The summed E-state index contributed by atoms with van der Waals surface area (Å²) in [6, 6.07) is 10.6. The van der Waals surface area contributed by atoms with Crippen LogP contribution >= 0.6 is 22.6 Å². The highest BCUT2D eigenvalue weighted by atomic mass is 127. The Morgan fingerprint density at radius 1 is 1.32 bits per heavy atom. The molecule has 0 spiro atoms. The van der Waals surface area contributed by atoms with Gasteiger partial charge in [-0.25, -0.2) is 0 Å². The van der Waals surface area contributed by atoms with Gasteiger partial charge in [0.25, 0.3) is 0 Å². The van der Waals surface area contributed by atoms with Crippen molar-refractivity contribution < 1.29 is 9.47 Å². The predicted molar refractivity (Wildman–Crippen MR) is 86.4 cm³/mol. The second-order valence-electron chi connectivity index (χ2n) is 4.81. The second-order valence-corrected chi connectivity index (χ2v) is 5.53. The molecule has 1 saturated heterocycles. The molecule has 1 aromatic carbocycles. The van der Waals surface area contributed by atoms with E-state index in [1.54, 1.807) is 0 Å².